The minimum absolute atomic E-state index is 0.187. The maximum Gasteiger partial charge on any atom is 0.184 e. The molecule has 0 saturated carbocycles. The zero-order chi connectivity index (χ0) is 20.3. The van der Waals surface area contributed by atoms with Crippen LogP contribution in [-0.4, -0.2) is 37.3 Å². The van der Waals surface area contributed by atoms with E-state index in [0.717, 1.165) is 37.0 Å². The fraction of sp³-hybridized carbons (Fsp3) is 0.652. The predicted molar refractivity (Wildman–Crippen MR) is 108 cm³/mol. The first kappa shape index (κ1) is 21.3. The van der Waals surface area contributed by atoms with Crippen LogP contribution in [0.3, 0.4) is 0 Å². The highest BCUT2D eigenvalue weighted by molar-refractivity contribution is 5.28. The molecular weight excluding hydrogens is 356 g/mol. The maximum atomic E-state index is 6.20. The van der Waals surface area contributed by atoms with Gasteiger partial charge in [-0.1, -0.05) is 24.3 Å². The molecule has 0 spiro atoms. The smallest absolute Gasteiger partial charge is 0.184 e. The van der Waals surface area contributed by atoms with Gasteiger partial charge in [-0.05, 0) is 65.5 Å². The molecule has 2 aliphatic rings. The molecule has 1 aromatic rings. The van der Waals surface area contributed by atoms with Crippen molar-refractivity contribution in [2.45, 2.75) is 76.7 Å². The van der Waals surface area contributed by atoms with Crippen molar-refractivity contribution in [1.82, 2.24) is 0 Å². The average molecular weight is 391 g/mol. The number of benzene rings is 1. The van der Waals surface area contributed by atoms with E-state index in [9.17, 15) is 0 Å². The summed E-state index contributed by atoms with van der Waals surface area (Å²) in [5.41, 5.74) is 0.580. The van der Waals surface area contributed by atoms with Crippen LogP contribution in [0, 0.1) is 0 Å². The first-order chi connectivity index (χ1) is 13.2. The molecular formula is C23H34O5. The van der Waals surface area contributed by atoms with Crippen LogP contribution in [0.4, 0.5) is 0 Å². The summed E-state index contributed by atoms with van der Waals surface area (Å²) >= 11 is 0. The van der Waals surface area contributed by atoms with Crippen LogP contribution in [0.25, 0.3) is 0 Å². The van der Waals surface area contributed by atoms with E-state index in [1.807, 2.05) is 38.1 Å². The van der Waals surface area contributed by atoms with E-state index in [2.05, 4.69) is 26.0 Å². The molecule has 2 fully saturated rings. The Kier molecular flexibility index (Phi) is 6.50. The van der Waals surface area contributed by atoms with Gasteiger partial charge in [0.25, 0.3) is 0 Å². The van der Waals surface area contributed by atoms with Crippen LogP contribution in [0.15, 0.2) is 36.4 Å². The van der Waals surface area contributed by atoms with E-state index in [0.29, 0.717) is 13.2 Å². The summed E-state index contributed by atoms with van der Waals surface area (Å²) < 4.78 is 29.0. The lowest BCUT2D eigenvalue weighted by molar-refractivity contribution is -0.158. The summed E-state index contributed by atoms with van der Waals surface area (Å²) in [6, 6.07) is 7.85. The van der Waals surface area contributed by atoms with Crippen LogP contribution in [-0.2, 0) is 18.9 Å². The van der Waals surface area contributed by atoms with Gasteiger partial charge >= 0.3 is 0 Å². The van der Waals surface area contributed by atoms with Crippen molar-refractivity contribution >= 4 is 0 Å². The number of methoxy groups -OCH3 is 1. The zero-order valence-electron chi connectivity index (χ0n) is 17.8. The molecule has 0 amide bonds. The van der Waals surface area contributed by atoms with E-state index in [1.165, 1.54) is 0 Å². The molecule has 2 aliphatic heterocycles. The van der Waals surface area contributed by atoms with Gasteiger partial charge in [0.05, 0.1) is 31.5 Å². The van der Waals surface area contributed by atoms with Crippen molar-refractivity contribution < 1.29 is 23.7 Å². The number of allylic oxidation sites excluding steroid dienone is 2. The second-order valence-corrected chi connectivity index (χ2v) is 8.77. The third-order valence-corrected chi connectivity index (χ3v) is 5.38. The predicted octanol–water partition coefficient (Wildman–Crippen LogP) is 5.16. The SMILES string of the molecule is COc1ccc(C2OC[C@](C)(CC/C=C/CC[C@@]3(C)COC(C)(C)O3)O2)cc1. The molecule has 0 aliphatic carbocycles. The molecule has 3 rings (SSSR count). The molecule has 0 bridgehead atoms. The van der Waals surface area contributed by atoms with Crippen LogP contribution in [0.5, 0.6) is 5.75 Å². The fourth-order valence-electron chi connectivity index (χ4n) is 3.75. The fourth-order valence-corrected chi connectivity index (χ4v) is 3.75. The van der Waals surface area contributed by atoms with Gasteiger partial charge in [-0.25, -0.2) is 0 Å². The molecule has 1 unspecified atom stereocenters. The van der Waals surface area contributed by atoms with Gasteiger partial charge < -0.3 is 23.7 Å². The number of rotatable bonds is 8. The molecule has 0 radical (unpaired) electrons. The Morgan fingerprint density at radius 1 is 0.964 bits per heavy atom. The summed E-state index contributed by atoms with van der Waals surface area (Å²) in [4.78, 5) is 0. The average Bonchev–Trinajstić information content (AvgIpc) is 3.18. The van der Waals surface area contributed by atoms with Gasteiger partial charge in [0.1, 0.15) is 5.75 Å². The van der Waals surface area contributed by atoms with Crippen molar-refractivity contribution in [3.05, 3.63) is 42.0 Å². The van der Waals surface area contributed by atoms with Crippen LogP contribution < -0.4 is 4.74 Å². The first-order valence-corrected chi connectivity index (χ1v) is 10.2. The molecule has 0 N–H and O–H groups in total. The lowest BCUT2D eigenvalue weighted by atomic mass is 9.99. The third-order valence-electron chi connectivity index (χ3n) is 5.38. The topological polar surface area (TPSA) is 46.2 Å². The van der Waals surface area contributed by atoms with E-state index in [4.69, 9.17) is 23.7 Å². The number of hydrogen-bond donors (Lipinski definition) is 0. The standard InChI is InChI=1S/C23H34O5/c1-21(2)26-17-23(4,28-21)15-9-7-6-8-14-22(3)16-25-20(27-22)18-10-12-19(24-5)13-11-18/h6-7,10-13,20H,8-9,14-17H2,1-5H3/b7-6+/t20?,22-,23-/m0/s1. The van der Waals surface area contributed by atoms with Crippen molar-refractivity contribution in [3.8, 4) is 5.75 Å². The number of hydrogen-bond acceptors (Lipinski definition) is 5. The monoisotopic (exact) mass is 390 g/mol. The third kappa shape index (κ3) is 5.57. The summed E-state index contributed by atoms with van der Waals surface area (Å²) in [5.74, 6) is 0.370. The molecule has 2 heterocycles. The van der Waals surface area contributed by atoms with Gasteiger partial charge in [-0.2, -0.15) is 0 Å². The van der Waals surface area contributed by atoms with E-state index < -0.39 is 5.79 Å². The van der Waals surface area contributed by atoms with Gasteiger partial charge in [0, 0.05) is 5.56 Å². The zero-order valence-corrected chi connectivity index (χ0v) is 17.8. The van der Waals surface area contributed by atoms with E-state index >= 15 is 0 Å². The highest BCUT2D eigenvalue weighted by Gasteiger charge is 2.41. The van der Waals surface area contributed by atoms with Crippen LogP contribution >= 0.6 is 0 Å². The van der Waals surface area contributed by atoms with Gasteiger partial charge in [-0.15, -0.1) is 0 Å². The van der Waals surface area contributed by atoms with Crippen molar-refractivity contribution in [1.29, 1.82) is 0 Å². The second-order valence-electron chi connectivity index (χ2n) is 8.77. The Hall–Kier alpha value is -1.40. The Morgan fingerprint density at radius 2 is 1.61 bits per heavy atom. The Morgan fingerprint density at radius 3 is 2.18 bits per heavy atom. The molecule has 3 atom stereocenters. The second kappa shape index (κ2) is 8.54. The molecule has 2 saturated heterocycles. The molecule has 1 aromatic carbocycles. The summed E-state index contributed by atoms with van der Waals surface area (Å²) in [7, 11) is 1.66. The van der Waals surface area contributed by atoms with E-state index in [-0.39, 0.29) is 17.5 Å². The highest BCUT2D eigenvalue weighted by Crippen LogP contribution is 2.37. The molecule has 28 heavy (non-hydrogen) atoms. The van der Waals surface area contributed by atoms with Gasteiger partial charge in [0.2, 0.25) is 0 Å². The van der Waals surface area contributed by atoms with E-state index in [1.54, 1.807) is 7.11 Å². The Bertz CT molecular complexity index is 668. The Balaban J connectivity index is 1.39. The lowest BCUT2D eigenvalue weighted by Crippen LogP contribution is -2.30. The summed E-state index contributed by atoms with van der Waals surface area (Å²) in [5, 5.41) is 0. The highest BCUT2D eigenvalue weighted by atomic mass is 16.8. The minimum Gasteiger partial charge on any atom is -0.497 e. The summed E-state index contributed by atoms with van der Waals surface area (Å²) in [6.45, 7) is 9.45. The molecule has 5 heteroatoms. The lowest BCUT2D eigenvalue weighted by Gasteiger charge is -2.24. The molecule has 5 nitrogen and oxygen atoms in total. The van der Waals surface area contributed by atoms with Gasteiger partial charge in [-0.3, -0.25) is 0 Å². The minimum atomic E-state index is -0.465. The van der Waals surface area contributed by atoms with Crippen LogP contribution in [0.2, 0.25) is 0 Å². The van der Waals surface area contributed by atoms with Gasteiger partial charge in [0.15, 0.2) is 12.1 Å². The van der Waals surface area contributed by atoms with Crippen molar-refractivity contribution in [3.63, 3.8) is 0 Å². The molecule has 156 valence electrons. The van der Waals surface area contributed by atoms with Crippen molar-refractivity contribution in [2.75, 3.05) is 20.3 Å². The quantitative estimate of drug-likeness (QED) is 0.574. The molecule has 0 aromatic heterocycles. The maximum absolute atomic E-state index is 6.20. The largest absolute Gasteiger partial charge is 0.497 e. The Labute approximate surface area is 169 Å². The van der Waals surface area contributed by atoms with Crippen molar-refractivity contribution in [2.24, 2.45) is 0 Å². The normalized spacial score (nSPS) is 32.2. The van der Waals surface area contributed by atoms with Crippen LogP contribution in [0.1, 0.15) is 65.2 Å². The summed E-state index contributed by atoms with van der Waals surface area (Å²) in [6.07, 6.45) is 8.01. The number of ether oxygens (including phenoxy) is 5. The first-order valence-electron chi connectivity index (χ1n) is 10.2.